The molecule has 0 aromatic heterocycles. The number of ether oxygens (including phenoxy) is 3. The second kappa shape index (κ2) is 18.2. The molecule has 13 heteroatoms. The van der Waals surface area contributed by atoms with Gasteiger partial charge in [0.15, 0.2) is 46.5 Å². The summed E-state index contributed by atoms with van der Waals surface area (Å²) < 4.78 is 136. The van der Waals surface area contributed by atoms with Gasteiger partial charge in [-0.25, -0.2) is 26.3 Å². The van der Waals surface area contributed by atoms with Crippen molar-refractivity contribution in [3.8, 4) is 28.7 Å². The molecule has 0 N–H and O–H groups in total. The van der Waals surface area contributed by atoms with Gasteiger partial charge in [-0.3, -0.25) is 9.59 Å². The SMILES string of the molecule is COc1ccc(C(c2ccccc2)(c2ccccc2)c2ccc(Oc3c(F)c(F)c(C(=O)c4ccc(Oc5ccc(C(=O)c6c(F)c(F)c(C)c(F)c6F)cc5)cc4)c(F)c3F)cc2)cc1. The van der Waals surface area contributed by atoms with Crippen LogP contribution >= 0.6 is 0 Å². The van der Waals surface area contributed by atoms with Crippen LogP contribution in [0, 0.1) is 53.5 Å². The van der Waals surface area contributed by atoms with Gasteiger partial charge in [-0.05, 0) is 102 Å². The molecule has 0 unspecified atom stereocenters. The van der Waals surface area contributed by atoms with Gasteiger partial charge in [0.05, 0.1) is 12.5 Å². The molecule has 0 aliphatic heterocycles. The van der Waals surface area contributed by atoms with Crippen molar-refractivity contribution in [2.45, 2.75) is 12.3 Å². The van der Waals surface area contributed by atoms with Crippen LogP contribution in [-0.4, -0.2) is 18.7 Å². The number of halogens is 8. The molecule has 0 atom stereocenters. The van der Waals surface area contributed by atoms with Crippen LogP contribution in [0.25, 0.3) is 0 Å². The second-order valence-corrected chi connectivity index (χ2v) is 14.9. The molecular weight excluding hydrogens is 869 g/mol. The van der Waals surface area contributed by atoms with Crippen LogP contribution in [0.3, 0.4) is 0 Å². The number of rotatable bonds is 13. The monoisotopic (exact) mass is 900 g/mol. The van der Waals surface area contributed by atoms with E-state index < -0.39 is 86.0 Å². The Morgan fingerprint density at radius 1 is 0.379 bits per heavy atom. The first-order valence-electron chi connectivity index (χ1n) is 20.0. The molecule has 0 aliphatic carbocycles. The Labute approximate surface area is 372 Å². The zero-order chi connectivity index (χ0) is 46.9. The molecule has 0 radical (unpaired) electrons. The number of methoxy groups -OCH3 is 1. The fourth-order valence-electron chi connectivity index (χ4n) is 7.72. The molecule has 330 valence electrons. The predicted molar refractivity (Wildman–Crippen MR) is 228 cm³/mol. The van der Waals surface area contributed by atoms with Gasteiger partial charge in [0.2, 0.25) is 17.4 Å². The minimum atomic E-state index is -2.00. The maximum atomic E-state index is 15.7. The van der Waals surface area contributed by atoms with E-state index in [1.807, 2.05) is 84.9 Å². The van der Waals surface area contributed by atoms with E-state index in [2.05, 4.69) is 0 Å². The lowest BCUT2D eigenvalue weighted by molar-refractivity contribution is 0.102. The first-order valence-corrected chi connectivity index (χ1v) is 20.0. The summed E-state index contributed by atoms with van der Waals surface area (Å²) in [5.74, 6) is -18.6. The lowest BCUT2D eigenvalue weighted by atomic mass is 9.65. The Morgan fingerprint density at radius 2 is 0.697 bits per heavy atom. The van der Waals surface area contributed by atoms with Gasteiger partial charge in [-0.2, -0.15) is 8.78 Å². The number of carbonyl (C=O) groups is 2. The lowest BCUT2D eigenvalue weighted by Crippen LogP contribution is -2.30. The summed E-state index contributed by atoms with van der Waals surface area (Å²) in [5, 5.41) is 0. The number of ketones is 2. The van der Waals surface area contributed by atoms with Crippen LogP contribution in [0.2, 0.25) is 0 Å². The number of benzene rings is 8. The summed E-state index contributed by atoms with van der Waals surface area (Å²) in [6, 6.07) is 42.0. The Balaban J connectivity index is 1.03. The summed E-state index contributed by atoms with van der Waals surface area (Å²) in [5.41, 5.74) is -2.16. The van der Waals surface area contributed by atoms with Crippen molar-refractivity contribution in [2.24, 2.45) is 0 Å². The van der Waals surface area contributed by atoms with Crippen molar-refractivity contribution < 1.29 is 58.9 Å². The third kappa shape index (κ3) is 7.93. The minimum absolute atomic E-state index is 0.0345. The van der Waals surface area contributed by atoms with E-state index in [0.29, 0.717) is 11.3 Å². The number of hydrogen-bond acceptors (Lipinski definition) is 5. The Hall–Kier alpha value is -8.06. The van der Waals surface area contributed by atoms with Crippen molar-refractivity contribution >= 4 is 11.6 Å². The molecule has 5 nitrogen and oxygen atoms in total. The topological polar surface area (TPSA) is 61.8 Å². The molecule has 8 rings (SSSR count). The molecule has 0 saturated carbocycles. The molecule has 66 heavy (non-hydrogen) atoms. The fraction of sp³-hybridized carbons (Fsp3) is 0.0566. The van der Waals surface area contributed by atoms with Crippen LogP contribution in [0.5, 0.6) is 28.7 Å². The van der Waals surface area contributed by atoms with E-state index >= 15 is 17.6 Å². The quantitative estimate of drug-likeness (QED) is 0.0499. The molecular formula is C53H32F8O5. The van der Waals surface area contributed by atoms with Gasteiger partial charge < -0.3 is 14.2 Å². The normalized spacial score (nSPS) is 11.3. The van der Waals surface area contributed by atoms with Crippen molar-refractivity contribution in [2.75, 3.05) is 7.11 Å². The zero-order valence-corrected chi connectivity index (χ0v) is 34.6. The molecule has 0 spiro atoms. The summed E-state index contributed by atoms with van der Waals surface area (Å²) in [6.45, 7) is 0.817. The molecule has 0 heterocycles. The van der Waals surface area contributed by atoms with E-state index in [1.165, 1.54) is 36.4 Å². The van der Waals surface area contributed by atoms with Gasteiger partial charge in [-0.1, -0.05) is 84.9 Å². The highest BCUT2D eigenvalue weighted by Crippen LogP contribution is 2.46. The average molecular weight is 901 g/mol. The van der Waals surface area contributed by atoms with E-state index in [9.17, 15) is 27.2 Å². The predicted octanol–water partition coefficient (Wildman–Crippen LogP) is 13.5. The highest BCUT2D eigenvalue weighted by atomic mass is 19.2. The number of hydrogen-bond donors (Lipinski definition) is 0. The van der Waals surface area contributed by atoms with E-state index in [4.69, 9.17) is 14.2 Å². The second-order valence-electron chi connectivity index (χ2n) is 14.9. The van der Waals surface area contributed by atoms with Crippen LogP contribution < -0.4 is 14.2 Å². The molecule has 0 amide bonds. The first-order chi connectivity index (χ1) is 31.8. The summed E-state index contributed by atoms with van der Waals surface area (Å²) in [4.78, 5) is 26.1. The fourth-order valence-corrected chi connectivity index (χ4v) is 7.72. The highest BCUT2D eigenvalue weighted by molar-refractivity contribution is 6.10. The summed E-state index contributed by atoms with van der Waals surface area (Å²) >= 11 is 0. The largest absolute Gasteiger partial charge is 0.497 e. The summed E-state index contributed by atoms with van der Waals surface area (Å²) in [6.07, 6.45) is 0. The third-order valence-electron chi connectivity index (χ3n) is 11.1. The minimum Gasteiger partial charge on any atom is -0.497 e. The van der Waals surface area contributed by atoms with Gasteiger partial charge >= 0.3 is 0 Å². The Bertz CT molecular complexity index is 3010. The van der Waals surface area contributed by atoms with Crippen molar-refractivity contribution in [3.63, 3.8) is 0 Å². The maximum absolute atomic E-state index is 15.7. The van der Waals surface area contributed by atoms with Crippen LogP contribution in [0.15, 0.2) is 158 Å². The zero-order valence-electron chi connectivity index (χ0n) is 34.6. The Kier molecular flexibility index (Phi) is 12.3. The molecule has 0 fully saturated rings. The van der Waals surface area contributed by atoms with Crippen molar-refractivity contribution in [3.05, 3.63) is 254 Å². The van der Waals surface area contributed by atoms with E-state index in [-0.39, 0.29) is 28.4 Å². The van der Waals surface area contributed by atoms with Crippen LogP contribution in [0.1, 0.15) is 59.7 Å². The maximum Gasteiger partial charge on any atom is 0.205 e. The molecule has 0 saturated heterocycles. The van der Waals surface area contributed by atoms with Gasteiger partial charge in [0.25, 0.3) is 0 Å². The van der Waals surface area contributed by atoms with Gasteiger partial charge in [0.1, 0.15) is 34.1 Å². The molecule has 8 aromatic rings. The standard InChI is InChI=1S/C53H32F8O5/c1-29-42(54)44(56)40(45(57)43(29)55)50(62)30-13-21-37(22-14-30)65-38-23-15-31(16-24-38)51(63)41-46(58)48(60)52(49(61)47(41)59)66-39-27-19-35(20-28-39)53(32-9-5-3-6-10-32,33-11-7-4-8-12-33)34-17-25-36(64-2)26-18-34/h3-28H,1-2H3. The smallest absolute Gasteiger partial charge is 0.205 e. The van der Waals surface area contributed by atoms with Crippen LogP contribution in [-0.2, 0) is 5.41 Å². The van der Waals surface area contributed by atoms with Crippen LogP contribution in [0.4, 0.5) is 35.1 Å². The number of carbonyl (C=O) groups excluding carboxylic acids is 2. The highest BCUT2D eigenvalue weighted by Gasteiger charge is 2.39. The van der Waals surface area contributed by atoms with Gasteiger partial charge in [0, 0.05) is 16.7 Å². The molecule has 0 aliphatic rings. The third-order valence-corrected chi connectivity index (χ3v) is 11.1. The molecule has 8 aromatic carbocycles. The molecule has 0 bridgehead atoms. The first kappa shape index (κ1) is 44.5. The van der Waals surface area contributed by atoms with E-state index in [1.54, 1.807) is 19.2 Å². The van der Waals surface area contributed by atoms with E-state index in [0.717, 1.165) is 47.9 Å². The summed E-state index contributed by atoms with van der Waals surface area (Å²) in [7, 11) is 1.56. The van der Waals surface area contributed by atoms with Gasteiger partial charge in [-0.15, -0.1) is 0 Å². The average Bonchev–Trinajstić information content (AvgIpc) is 3.35. The lowest BCUT2D eigenvalue weighted by Gasteiger charge is -2.37. The Morgan fingerprint density at radius 3 is 1.08 bits per heavy atom. The van der Waals surface area contributed by atoms with Crippen molar-refractivity contribution in [1.82, 2.24) is 0 Å². The van der Waals surface area contributed by atoms with Crippen molar-refractivity contribution in [1.29, 1.82) is 0 Å².